The number of likely N-dealkylation sites (tertiary alicyclic amines) is 1. The molecule has 0 radical (unpaired) electrons. The van der Waals surface area contributed by atoms with Crippen molar-refractivity contribution < 1.29 is 9.18 Å². The summed E-state index contributed by atoms with van der Waals surface area (Å²) in [5.41, 5.74) is 5.10. The van der Waals surface area contributed by atoms with E-state index in [0.29, 0.717) is 18.0 Å². The molecule has 166 valence electrons. The minimum absolute atomic E-state index is 0. The Morgan fingerprint density at radius 3 is 2.47 bits per heavy atom. The van der Waals surface area contributed by atoms with Crippen LogP contribution in [0.1, 0.15) is 52.7 Å². The maximum atomic E-state index is 13.1. The second-order valence-corrected chi connectivity index (χ2v) is 8.99. The lowest BCUT2D eigenvalue weighted by Gasteiger charge is -2.52. The second-order valence-electron chi connectivity index (χ2n) is 8.99. The van der Waals surface area contributed by atoms with E-state index in [9.17, 15) is 9.18 Å². The fourth-order valence-electron chi connectivity index (χ4n) is 5.71. The Kier molecular flexibility index (Phi) is 6.78. The van der Waals surface area contributed by atoms with Gasteiger partial charge < -0.3 is 0 Å². The quantitative estimate of drug-likeness (QED) is 0.416. The van der Waals surface area contributed by atoms with E-state index in [2.05, 4.69) is 59.5 Å². The van der Waals surface area contributed by atoms with Crippen molar-refractivity contribution in [3.05, 3.63) is 107 Å². The van der Waals surface area contributed by atoms with Gasteiger partial charge in [0.2, 0.25) is 0 Å². The van der Waals surface area contributed by atoms with E-state index in [0.717, 1.165) is 38.8 Å². The van der Waals surface area contributed by atoms with E-state index in [1.807, 2.05) is 0 Å². The van der Waals surface area contributed by atoms with Crippen LogP contribution in [-0.2, 0) is 11.8 Å². The third kappa shape index (κ3) is 4.24. The normalized spacial score (nSPS) is 22.0. The predicted octanol–water partition coefficient (Wildman–Crippen LogP) is 6.22. The van der Waals surface area contributed by atoms with Crippen LogP contribution >= 0.6 is 12.4 Å². The lowest BCUT2D eigenvalue weighted by molar-refractivity contribution is 0.0875. The summed E-state index contributed by atoms with van der Waals surface area (Å²) in [6.45, 7) is 1.99. The van der Waals surface area contributed by atoms with Gasteiger partial charge >= 0.3 is 0 Å². The van der Waals surface area contributed by atoms with Crippen molar-refractivity contribution in [1.82, 2.24) is 4.90 Å². The van der Waals surface area contributed by atoms with E-state index in [1.165, 1.54) is 28.8 Å². The highest BCUT2D eigenvalue weighted by Crippen LogP contribution is 2.49. The number of hydrogen-bond acceptors (Lipinski definition) is 2. The van der Waals surface area contributed by atoms with Gasteiger partial charge in [-0.15, -0.1) is 12.4 Å². The number of ketones is 1. The minimum atomic E-state index is -0.302. The van der Waals surface area contributed by atoms with Gasteiger partial charge in [-0.3, -0.25) is 9.69 Å². The summed E-state index contributed by atoms with van der Waals surface area (Å²) in [7, 11) is 0. The highest BCUT2D eigenvalue weighted by atomic mass is 35.5. The van der Waals surface area contributed by atoms with Crippen molar-refractivity contribution in [2.75, 3.05) is 13.1 Å². The molecule has 1 fully saturated rings. The predicted molar refractivity (Wildman–Crippen MR) is 129 cm³/mol. The zero-order valence-electron chi connectivity index (χ0n) is 18.2. The molecule has 3 aromatic rings. The molecule has 2 aliphatic rings. The van der Waals surface area contributed by atoms with Crippen molar-refractivity contribution in [3.8, 4) is 0 Å². The van der Waals surface area contributed by atoms with Crippen molar-refractivity contribution in [2.24, 2.45) is 0 Å². The zero-order chi connectivity index (χ0) is 21.3. The number of fused-ring (bicyclic) bond motifs is 4. The van der Waals surface area contributed by atoms with E-state index in [-0.39, 0.29) is 29.4 Å². The summed E-state index contributed by atoms with van der Waals surface area (Å²) in [6, 6.07) is 26.3. The molecule has 0 amide bonds. The van der Waals surface area contributed by atoms with E-state index in [4.69, 9.17) is 0 Å². The highest BCUT2D eigenvalue weighted by Gasteiger charge is 2.46. The van der Waals surface area contributed by atoms with Crippen LogP contribution in [0.15, 0.2) is 78.9 Å². The molecular formula is C28H29ClFNO. The van der Waals surface area contributed by atoms with Crippen LogP contribution in [0.25, 0.3) is 0 Å². The Hall–Kier alpha value is -2.49. The molecule has 2 nitrogen and oxygen atoms in total. The molecule has 1 saturated heterocycles. The third-order valence-corrected chi connectivity index (χ3v) is 7.26. The van der Waals surface area contributed by atoms with Crippen molar-refractivity contribution in [3.63, 3.8) is 0 Å². The summed E-state index contributed by atoms with van der Waals surface area (Å²) in [6.07, 6.45) is 4.68. The van der Waals surface area contributed by atoms with Crippen LogP contribution in [0, 0.1) is 5.82 Å². The Morgan fingerprint density at radius 1 is 0.969 bits per heavy atom. The molecule has 1 heterocycles. The molecule has 1 aliphatic carbocycles. The van der Waals surface area contributed by atoms with Crippen LogP contribution in [0.4, 0.5) is 4.39 Å². The van der Waals surface area contributed by atoms with Crippen LogP contribution in [-0.4, -0.2) is 29.8 Å². The molecular weight excluding hydrogens is 421 g/mol. The van der Waals surface area contributed by atoms with Gasteiger partial charge in [-0.2, -0.15) is 0 Å². The molecule has 5 rings (SSSR count). The van der Waals surface area contributed by atoms with Gasteiger partial charge in [-0.05, 0) is 79.7 Å². The summed E-state index contributed by atoms with van der Waals surface area (Å²) in [5.74, 6) is -0.200. The maximum absolute atomic E-state index is 13.1. The van der Waals surface area contributed by atoms with Gasteiger partial charge in [0.05, 0.1) is 0 Å². The second kappa shape index (κ2) is 9.56. The first-order chi connectivity index (χ1) is 15.2. The molecule has 0 spiro atoms. The largest absolute Gasteiger partial charge is 0.300 e. The monoisotopic (exact) mass is 449 g/mol. The minimum Gasteiger partial charge on any atom is -0.300 e. The van der Waals surface area contributed by atoms with Crippen molar-refractivity contribution >= 4 is 18.2 Å². The van der Waals surface area contributed by atoms with Gasteiger partial charge in [-0.25, -0.2) is 4.39 Å². The lowest BCUT2D eigenvalue weighted by atomic mass is 9.60. The fraction of sp³-hybridized carbons (Fsp3) is 0.321. The number of carbonyl (C=O) groups is 1. The van der Waals surface area contributed by atoms with Gasteiger partial charge in [-0.1, -0.05) is 54.6 Å². The number of hydrogen-bond donors (Lipinski definition) is 0. The van der Waals surface area contributed by atoms with E-state index < -0.39 is 0 Å². The average molecular weight is 450 g/mol. The summed E-state index contributed by atoms with van der Waals surface area (Å²) < 4.78 is 13.1. The Balaban J connectivity index is 0.00000245. The van der Waals surface area contributed by atoms with Crippen LogP contribution in [0.3, 0.4) is 0 Å². The maximum Gasteiger partial charge on any atom is 0.162 e. The van der Waals surface area contributed by atoms with Gasteiger partial charge in [0, 0.05) is 23.4 Å². The molecule has 0 N–H and O–H groups in total. The van der Waals surface area contributed by atoms with E-state index >= 15 is 0 Å². The fourth-order valence-corrected chi connectivity index (χ4v) is 5.71. The topological polar surface area (TPSA) is 20.3 Å². The zero-order valence-corrected chi connectivity index (χ0v) is 19.0. The molecule has 3 aromatic carbocycles. The van der Waals surface area contributed by atoms with Crippen LogP contribution in [0.5, 0.6) is 0 Å². The molecule has 2 bridgehead atoms. The first-order valence-electron chi connectivity index (χ1n) is 11.3. The summed E-state index contributed by atoms with van der Waals surface area (Å²) >= 11 is 0. The van der Waals surface area contributed by atoms with Gasteiger partial charge in [0.1, 0.15) is 5.82 Å². The lowest BCUT2D eigenvalue weighted by Crippen LogP contribution is -2.53. The summed E-state index contributed by atoms with van der Waals surface area (Å²) in [4.78, 5) is 15.1. The van der Waals surface area contributed by atoms with Crippen molar-refractivity contribution in [1.29, 1.82) is 0 Å². The Bertz CT molecular complexity index is 1070. The van der Waals surface area contributed by atoms with Crippen LogP contribution in [0.2, 0.25) is 0 Å². The number of piperidine rings is 1. The average Bonchev–Trinajstić information content (AvgIpc) is 2.81. The number of rotatable bonds is 6. The number of Topliss-reactive ketones (excluding diaryl/α,β-unsaturated/α-hetero) is 1. The Labute approximate surface area is 195 Å². The molecule has 4 heteroatoms. The summed E-state index contributed by atoms with van der Waals surface area (Å²) in [5, 5.41) is 0. The molecule has 32 heavy (non-hydrogen) atoms. The van der Waals surface area contributed by atoms with Gasteiger partial charge in [0.15, 0.2) is 5.78 Å². The first-order valence-corrected chi connectivity index (χ1v) is 11.3. The first kappa shape index (κ1) is 22.7. The Morgan fingerprint density at radius 2 is 1.69 bits per heavy atom. The molecule has 1 aliphatic heterocycles. The number of nitrogens with zero attached hydrogens (tertiary/aromatic N) is 1. The number of carbonyl (C=O) groups excluding carboxylic acids is 1. The number of halogens is 2. The van der Waals surface area contributed by atoms with E-state index in [1.54, 1.807) is 12.1 Å². The molecule has 0 saturated carbocycles. The highest BCUT2D eigenvalue weighted by molar-refractivity contribution is 5.95. The molecule has 2 unspecified atom stereocenters. The van der Waals surface area contributed by atoms with Gasteiger partial charge in [0.25, 0.3) is 0 Å². The number of benzene rings is 3. The molecule has 2 atom stereocenters. The standard InChI is InChI=1S/C28H28FNO.ClH/c29-24-14-12-21(13-15-24)27(31)11-6-17-30-18-16-28(23-8-2-1-3-9-23)20-25(30)19-22-7-4-5-10-26(22)28;/h1-5,7-10,12-15,25H,6,11,16-20H2;1H. The van der Waals surface area contributed by atoms with Crippen LogP contribution < -0.4 is 0 Å². The smallest absolute Gasteiger partial charge is 0.162 e. The third-order valence-electron chi connectivity index (χ3n) is 7.26. The SMILES string of the molecule is Cl.O=C(CCCN1CCC2(c3ccccc3)CC1Cc1ccccc12)c1ccc(F)cc1. The molecule has 0 aromatic heterocycles. The van der Waals surface area contributed by atoms with Crippen molar-refractivity contribution in [2.45, 2.75) is 43.6 Å².